The minimum Gasteiger partial charge on any atom is -0.598 e. The third kappa shape index (κ3) is 6.84. The first kappa shape index (κ1) is 29.6. The molecule has 2 heterocycles. The van der Waals surface area contributed by atoms with Crippen LogP contribution in [0.3, 0.4) is 0 Å². The van der Waals surface area contributed by atoms with Crippen molar-refractivity contribution in [3.05, 3.63) is 88.7 Å². The number of carboxylic acid groups (broad SMARTS) is 1. The Labute approximate surface area is 232 Å². The van der Waals surface area contributed by atoms with E-state index < -0.39 is 39.5 Å². The molecule has 4 aromatic rings. The maximum Gasteiger partial charge on any atom is 0.307 e. The van der Waals surface area contributed by atoms with Crippen LogP contribution in [0.2, 0.25) is 0 Å². The lowest BCUT2D eigenvalue weighted by Gasteiger charge is -2.23. The predicted octanol–water partition coefficient (Wildman–Crippen LogP) is 5.85. The molecule has 2 aromatic heterocycles. The van der Waals surface area contributed by atoms with Gasteiger partial charge in [-0.15, -0.1) is 4.72 Å². The predicted molar refractivity (Wildman–Crippen MR) is 145 cm³/mol. The summed E-state index contributed by atoms with van der Waals surface area (Å²) in [6, 6.07) is 8.42. The third-order valence-electron chi connectivity index (χ3n) is 6.16. The van der Waals surface area contributed by atoms with Gasteiger partial charge in [0, 0.05) is 34.2 Å². The van der Waals surface area contributed by atoms with Crippen LogP contribution in [0.25, 0.3) is 22.1 Å². The summed E-state index contributed by atoms with van der Waals surface area (Å²) in [6.07, 6.45) is 2.64. The van der Waals surface area contributed by atoms with Crippen LogP contribution >= 0.6 is 0 Å². The summed E-state index contributed by atoms with van der Waals surface area (Å²) < 4.78 is 70.8. The number of hydrogen-bond acceptors (Lipinski definition) is 6. The van der Waals surface area contributed by atoms with Gasteiger partial charge >= 0.3 is 5.97 Å². The third-order valence-corrected chi connectivity index (χ3v) is 7.68. The van der Waals surface area contributed by atoms with Crippen molar-refractivity contribution >= 4 is 28.3 Å². The molecule has 0 radical (unpaired) electrons. The number of ether oxygens (including phenoxy) is 1. The normalized spacial score (nSPS) is 12.7. The summed E-state index contributed by atoms with van der Waals surface area (Å²) >= 11 is -1.44. The Balaban J connectivity index is 1.54. The second kappa shape index (κ2) is 12.4. The number of fused-ring (bicyclic) bond motifs is 1. The van der Waals surface area contributed by atoms with Crippen molar-refractivity contribution in [3.63, 3.8) is 0 Å². The highest BCUT2D eigenvalue weighted by molar-refractivity contribution is 7.90. The highest BCUT2D eigenvalue weighted by atomic mass is 32.2. The van der Waals surface area contributed by atoms with Crippen LogP contribution in [-0.4, -0.2) is 32.0 Å². The van der Waals surface area contributed by atoms with Gasteiger partial charge in [-0.05, 0) is 62.6 Å². The Hall–Kier alpha value is -3.38. The van der Waals surface area contributed by atoms with Crippen molar-refractivity contribution in [2.75, 3.05) is 6.61 Å². The fourth-order valence-electron chi connectivity index (χ4n) is 4.11. The molecule has 0 saturated heterocycles. The summed E-state index contributed by atoms with van der Waals surface area (Å²) in [5.41, 5.74) is 1.53. The van der Waals surface area contributed by atoms with Crippen LogP contribution in [0.5, 0.6) is 0 Å². The lowest BCUT2D eigenvalue weighted by Crippen LogP contribution is -2.39. The summed E-state index contributed by atoms with van der Waals surface area (Å²) in [5.74, 6) is -2.76. The van der Waals surface area contributed by atoms with Gasteiger partial charge in [0.1, 0.15) is 22.0 Å². The number of benzene rings is 2. The summed E-state index contributed by atoms with van der Waals surface area (Å²) in [4.78, 5) is 15.0. The number of nitrogens with zero attached hydrogens (tertiary/aromatic N) is 1. The second-order valence-electron chi connectivity index (χ2n) is 10.2. The van der Waals surface area contributed by atoms with Crippen molar-refractivity contribution in [1.29, 1.82) is 0 Å². The molecule has 2 N–H and O–H groups in total. The van der Waals surface area contributed by atoms with Crippen LogP contribution in [0.1, 0.15) is 43.2 Å². The zero-order valence-corrected chi connectivity index (χ0v) is 23.0. The molecule has 0 aliphatic carbocycles. The van der Waals surface area contributed by atoms with Crippen LogP contribution < -0.4 is 4.72 Å². The molecule has 1 unspecified atom stereocenters. The SMILES string of the molecule is CC(C)(C)[S+]([O-])NCc1nccc(-c2cc(COCCc3cc(CC(=O)O)ccc3F)c(F)c3ccoc23)c1F. The number of aliphatic carboxylic acids is 1. The van der Waals surface area contributed by atoms with Crippen molar-refractivity contribution < 1.29 is 36.8 Å². The quantitative estimate of drug-likeness (QED) is 0.171. The minimum absolute atomic E-state index is 0.0377. The molecule has 0 saturated carbocycles. The summed E-state index contributed by atoms with van der Waals surface area (Å²) in [7, 11) is 0. The zero-order valence-electron chi connectivity index (χ0n) is 22.2. The number of carboxylic acids is 1. The number of nitrogens with one attached hydrogen (secondary N) is 1. The van der Waals surface area contributed by atoms with E-state index in [0.29, 0.717) is 11.1 Å². The number of hydrogen-bond donors (Lipinski definition) is 2. The maximum absolute atomic E-state index is 15.6. The molecule has 1 atom stereocenters. The fourth-order valence-corrected chi connectivity index (χ4v) is 4.81. The lowest BCUT2D eigenvalue weighted by atomic mass is 9.99. The molecule has 0 amide bonds. The van der Waals surface area contributed by atoms with E-state index in [0.717, 1.165) is 0 Å². The van der Waals surface area contributed by atoms with Gasteiger partial charge in [-0.1, -0.05) is 12.1 Å². The molecule has 0 spiro atoms. The topological polar surface area (TPSA) is 108 Å². The molecule has 2 aromatic carbocycles. The second-order valence-corrected chi connectivity index (χ2v) is 12.2. The van der Waals surface area contributed by atoms with Gasteiger partial charge in [0.05, 0.1) is 43.5 Å². The molecule has 0 aliphatic rings. The van der Waals surface area contributed by atoms with Crippen molar-refractivity contribution in [2.45, 2.75) is 51.5 Å². The van der Waals surface area contributed by atoms with E-state index in [9.17, 15) is 13.7 Å². The first-order chi connectivity index (χ1) is 19.0. The van der Waals surface area contributed by atoms with Crippen molar-refractivity contribution in [1.82, 2.24) is 9.71 Å². The van der Waals surface area contributed by atoms with Gasteiger partial charge in [0.15, 0.2) is 5.82 Å². The number of aromatic nitrogens is 1. The minimum atomic E-state index is -1.44. The summed E-state index contributed by atoms with van der Waals surface area (Å²) in [6.45, 7) is 5.15. The van der Waals surface area contributed by atoms with Gasteiger partial charge in [-0.2, -0.15) is 0 Å². The molecule has 11 heteroatoms. The number of furan rings is 1. The Morgan fingerprint density at radius 3 is 2.60 bits per heavy atom. The zero-order chi connectivity index (χ0) is 29.0. The average molecular weight is 575 g/mol. The standard InChI is InChI=1S/C29H29F3N2O5S/c1-29(2,3)40(37)34-15-24-27(32)20(6-9-33-24)22-14-19(26(31)21-8-11-39-28(21)22)16-38-10-7-18-12-17(13-25(35)36)4-5-23(18)30/h4-6,8-9,11-12,14,34H,7,10,13,15-16H2,1-3H3,(H,35,36). The highest BCUT2D eigenvalue weighted by Crippen LogP contribution is 2.35. The Morgan fingerprint density at radius 1 is 1.10 bits per heavy atom. The summed E-state index contributed by atoms with van der Waals surface area (Å²) in [5, 5.41) is 9.11. The van der Waals surface area contributed by atoms with Gasteiger partial charge in [-0.25, -0.2) is 13.2 Å². The average Bonchev–Trinajstić information content (AvgIpc) is 3.38. The number of rotatable bonds is 11. The largest absolute Gasteiger partial charge is 0.598 e. The Kier molecular flexibility index (Phi) is 9.19. The maximum atomic E-state index is 15.6. The van der Waals surface area contributed by atoms with E-state index in [1.165, 1.54) is 48.9 Å². The number of carbonyl (C=O) groups is 1. The van der Waals surface area contributed by atoms with E-state index >= 15 is 8.78 Å². The molecule has 7 nitrogen and oxygen atoms in total. The number of pyridine rings is 1. The van der Waals surface area contributed by atoms with Gasteiger partial charge in [-0.3, -0.25) is 9.78 Å². The molecular weight excluding hydrogens is 545 g/mol. The fraction of sp³-hybridized carbons (Fsp3) is 0.310. The first-order valence-corrected chi connectivity index (χ1v) is 13.6. The lowest BCUT2D eigenvalue weighted by molar-refractivity contribution is -0.136. The first-order valence-electron chi connectivity index (χ1n) is 12.5. The van der Waals surface area contributed by atoms with Crippen LogP contribution in [0.4, 0.5) is 13.2 Å². The van der Waals surface area contributed by atoms with E-state index in [1.54, 1.807) is 20.8 Å². The van der Waals surface area contributed by atoms with E-state index in [2.05, 4.69) is 9.71 Å². The highest BCUT2D eigenvalue weighted by Gasteiger charge is 2.27. The Morgan fingerprint density at radius 2 is 1.88 bits per heavy atom. The van der Waals surface area contributed by atoms with Crippen LogP contribution in [0.15, 0.2) is 53.3 Å². The van der Waals surface area contributed by atoms with Gasteiger partial charge in [0.25, 0.3) is 0 Å². The molecule has 40 heavy (non-hydrogen) atoms. The van der Waals surface area contributed by atoms with E-state index in [4.69, 9.17) is 14.3 Å². The molecule has 4 rings (SSSR count). The number of halogens is 3. The molecule has 0 bridgehead atoms. The van der Waals surface area contributed by atoms with Gasteiger partial charge < -0.3 is 18.8 Å². The van der Waals surface area contributed by atoms with Crippen molar-refractivity contribution in [3.8, 4) is 11.1 Å². The molecule has 0 fully saturated rings. The van der Waals surface area contributed by atoms with Crippen LogP contribution in [-0.2, 0) is 46.9 Å². The van der Waals surface area contributed by atoms with Gasteiger partial charge in [0.2, 0.25) is 0 Å². The smallest absolute Gasteiger partial charge is 0.307 e. The monoisotopic (exact) mass is 574 g/mol. The van der Waals surface area contributed by atoms with Crippen molar-refractivity contribution in [2.24, 2.45) is 0 Å². The molecule has 0 aliphatic heterocycles. The Bertz CT molecular complexity index is 1520. The van der Waals surface area contributed by atoms with E-state index in [-0.39, 0.29) is 66.0 Å². The molecule has 212 valence electrons. The van der Waals surface area contributed by atoms with E-state index in [1.807, 2.05) is 0 Å². The van der Waals surface area contributed by atoms with Crippen LogP contribution in [0, 0.1) is 17.5 Å². The molecular formula is C29H29F3N2O5S.